The number of thiophene rings is 1. The lowest BCUT2D eigenvalue weighted by atomic mass is 10.1. The fraction of sp³-hybridized carbons (Fsp3) is 0.692. The average molecular weight is 239 g/mol. The van der Waals surface area contributed by atoms with Crippen LogP contribution in [0.4, 0.5) is 0 Å². The third kappa shape index (κ3) is 3.06. The van der Waals surface area contributed by atoms with Crippen molar-refractivity contribution in [1.82, 2.24) is 4.90 Å². The highest BCUT2D eigenvalue weighted by atomic mass is 32.1. The average Bonchev–Trinajstić information content (AvgIpc) is 2.77. The molecule has 3 heteroatoms. The zero-order chi connectivity index (χ0) is 11.5. The fourth-order valence-electron chi connectivity index (χ4n) is 2.53. The molecule has 90 valence electrons. The Morgan fingerprint density at radius 2 is 2.25 bits per heavy atom. The second-order valence-corrected chi connectivity index (χ2v) is 6.34. The van der Waals surface area contributed by atoms with Crippen LogP contribution in [0.15, 0.2) is 12.1 Å². The minimum atomic E-state index is -0.0625. The van der Waals surface area contributed by atoms with E-state index in [0.29, 0.717) is 5.92 Å². The van der Waals surface area contributed by atoms with Crippen molar-refractivity contribution in [2.75, 3.05) is 13.6 Å². The zero-order valence-corrected chi connectivity index (χ0v) is 11.0. The van der Waals surface area contributed by atoms with Gasteiger partial charge in [-0.3, -0.25) is 0 Å². The maximum Gasteiger partial charge on any atom is 0.0580 e. The van der Waals surface area contributed by atoms with Gasteiger partial charge >= 0.3 is 0 Å². The molecular formula is C13H21NOS. The Labute approximate surface area is 102 Å². The van der Waals surface area contributed by atoms with Crippen LogP contribution in [0.25, 0.3) is 0 Å². The minimum absolute atomic E-state index is 0.0625. The van der Waals surface area contributed by atoms with Gasteiger partial charge in [-0.1, -0.05) is 6.42 Å². The first-order chi connectivity index (χ1) is 7.65. The van der Waals surface area contributed by atoms with Crippen molar-refractivity contribution in [3.05, 3.63) is 21.9 Å². The summed E-state index contributed by atoms with van der Waals surface area (Å²) in [7, 11) is 2.15. The molecule has 1 aromatic rings. The number of hydrogen-bond donors (Lipinski definition) is 1. The molecule has 0 spiro atoms. The van der Waals surface area contributed by atoms with Crippen molar-refractivity contribution < 1.29 is 5.11 Å². The van der Waals surface area contributed by atoms with Crippen LogP contribution >= 0.6 is 11.3 Å². The molecule has 1 fully saturated rings. The van der Waals surface area contributed by atoms with Crippen LogP contribution in [0.1, 0.15) is 29.0 Å². The van der Waals surface area contributed by atoms with Gasteiger partial charge in [0.1, 0.15) is 0 Å². The Morgan fingerprint density at radius 1 is 1.44 bits per heavy atom. The standard InChI is InChI=1S/C13H21NOS/c1-10-6-7-12(16-10)9-14(2)8-11-4-3-5-13(11)15/h6-7,11,13,15H,3-5,8-9H2,1-2H3. The molecule has 1 heterocycles. The molecule has 0 bridgehead atoms. The Hall–Kier alpha value is -0.380. The Balaban J connectivity index is 1.82. The highest BCUT2D eigenvalue weighted by Gasteiger charge is 2.26. The van der Waals surface area contributed by atoms with Crippen LogP contribution in [0, 0.1) is 12.8 Å². The lowest BCUT2D eigenvalue weighted by Gasteiger charge is -2.22. The summed E-state index contributed by atoms with van der Waals surface area (Å²) in [4.78, 5) is 5.14. The van der Waals surface area contributed by atoms with Gasteiger partial charge in [-0.15, -0.1) is 11.3 Å². The molecule has 2 nitrogen and oxygen atoms in total. The first kappa shape index (κ1) is 12.1. The van der Waals surface area contributed by atoms with Gasteiger partial charge < -0.3 is 10.0 Å². The highest BCUT2D eigenvalue weighted by Crippen LogP contribution is 2.26. The maximum atomic E-state index is 9.78. The van der Waals surface area contributed by atoms with Gasteiger partial charge in [-0.05, 0) is 44.9 Å². The van der Waals surface area contributed by atoms with Crippen LogP contribution in [0.3, 0.4) is 0 Å². The van der Waals surface area contributed by atoms with Gasteiger partial charge in [0.15, 0.2) is 0 Å². The van der Waals surface area contributed by atoms with Crippen molar-refractivity contribution in [2.24, 2.45) is 5.92 Å². The largest absolute Gasteiger partial charge is 0.393 e. The maximum absolute atomic E-state index is 9.78. The highest BCUT2D eigenvalue weighted by molar-refractivity contribution is 7.11. The van der Waals surface area contributed by atoms with Crippen LogP contribution < -0.4 is 0 Å². The zero-order valence-electron chi connectivity index (χ0n) is 10.1. The first-order valence-corrected chi connectivity index (χ1v) is 6.88. The number of nitrogens with zero attached hydrogens (tertiary/aromatic N) is 1. The second kappa shape index (κ2) is 5.30. The lowest BCUT2D eigenvalue weighted by Crippen LogP contribution is -2.29. The van der Waals surface area contributed by atoms with Crippen LogP contribution in [0.2, 0.25) is 0 Å². The van der Waals surface area contributed by atoms with Gasteiger partial charge in [0.25, 0.3) is 0 Å². The van der Waals surface area contributed by atoms with E-state index in [1.54, 1.807) is 0 Å². The van der Waals surface area contributed by atoms with E-state index in [1.807, 2.05) is 11.3 Å². The molecule has 2 atom stereocenters. The number of aryl methyl sites for hydroxylation is 1. The molecule has 0 saturated heterocycles. The van der Waals surface area contributed by atoms with Crippen LogP contribution in [0.5, 0.6) is 0 Å². The number of aliphatic hydroxyl groups excluding tert-OH is 1. The summed E-state index contributed by atoms with van der Waals surface area (Å²) in [5.74, 6) is 0.492. The lowest BCUT2D eigenvalue weighted by molar-refractivity contribution is 0.108. The van der Waals surface area contributed by atoms with Gasteiger partial charge in [-0.2, -0.15) is 0 Å². The van der Waals surface area contributed by atoms with Crippen molar-refractivity contribution in [3.8, 4) is 0 Å². The van der Waals surface area contributed by atoms with E-state index in [4.69, 9.17) is 0 Å². The monoisotopic (exact) mass is 239 g/mol. The summed E-state index contributed by atoms with van der Waals surface area (Å²) in [5.41, 5.74) is 0. The van der Waals surface area contributed by atoms with E-state index in [9.17, 15) is 5.11 Å². The second-order valence-electron chi connectivity index (χ2n) is 4.97. The summed E-state index contributed by atoms with van der Waals surface area (Å²) in [6.45, 7) is 4.19. The van der Waals surface area contributed by atoms with Gasteiger partial charge in [-0.25, -0.2) is 0 Å². The number of hydrogen-bond acceptors (Lipinski definition) is 3. The predicted molar refractivity (Wildman–Crippen MR) is 68.7 cm³/mol. The third-order valence-corrected chi connectivity index (χ3v) is 4.37. The van der Waals surface area contributed by atoms with E-state index < -0.39 is 0 Å². The predicted octanol–water partition coefficient (Wildman–Crippen LogP) is 2.65. The van der Waals surface area contributed by atoms with Gasteiger partial charge in [0.2, 0.25) is 0 Å². The summed E-state index contributed by atoms with van der Waals surface area (Å²) in [6.07, 6.45) is 3.32. The van der Waals surface area contributed by atoms with Crippen molar-refractivity contribution in [1.29, 1.82) is 0 Å². The van der Waals surface area contributed by atoms with Gasteiger partial charge in [0, 0.05) is 22.8 Å². The smallest absolute Gasteiger partial charge is 0.0580 e. The summed E-state index contributed by atoms with van der Waals surface area (Å²) in [6, 6.07) is 4.39. The topological polar surface area (TPSA) is 23.5 Å². The van der Waals surface area contributed by atoms with E-state index in [0.717, 1.165) is 19.5 Å². The molecule has 1 saturated carbocycles. The van der Waals surface area contributed by atoms with E-state index >= 15 is 0 Å². The Morgan fingerprint density at radius 3 is 2.81 bits per heavy atom. The van der Waals surface area contributed by atoms with Crippen molar-refractivity contribution in [2.45, 2.75) is 38.8 Å². The summed E-state index contributed by atoms with van der Waals surface area (Å²) in [5, 5.41) is 9.78. The van der Waals surface area contributed by atoms with Gasteiger partial charge in [0.05, 0.1) is 6.10 Å². The van der Waals surface area contributed by atoms with Crippen molar-refractivity contribution in [3.63, 3.8) is 0 Å². The minimum Gasteiger partial charge on any atom is -0.393 e. The third-order valence-electron chi connectivity index (χ3n) is 3.39. The van der Waals surface area contributed by atoms with E-state index in [2.05, 4.69) is 31.0 Å². The molecular weight excluding hydrogens is 218 g/mol. The van der Waals surface area contributed by atoms with E-state index in [-0.39, 0.29) is 6.10 Å². The SMILES string of the molecule is Cc1ccc(CN(C)CC2CCCC2O)s1. The number of aliphatic hydroxyl groups is 1. The molecule has 0 amide bonds. The van der Waals surface area contributed by atoms with Crippen LogP contribution in [-0.4, -0.2) is 29.7 Å². The molecule has 16 heavy (non-hydrogen) atoms. The molecule has 0 radical (unpaired) electrons. The summed E-state index contributed by atoms with van der Waals surface area (Å²) >= 11 is 1.87. The molecule has 2 rings (SSSR count). The fourth-order valence-corrected chi connectivity index (χ4v) is 3.50. The molecule has 0 aromatic carbocycles. The molecule has 1 aliphatic rings. The molecule has 1 N–H and O–H groups in total. The quantitative estimate of drug-likeness (QED) is 0.873. The van der Waals surface area contributed by atoms with Crippen LogP contribution in [-0.2, 0) is 6.54 Å². The van der Waals surface area contributed by atoms with E-state index in [1.165, 1.54) is 22.6 Å². The molecule has 2 unspecified atom stereocenters. The number of rotatable bonds is 4. The Bertz CT molecular complexity index is 336. The normalized spacial score (nSPS) is 25.5. The first-order valence-electron chi connectivity index (χ1n) is 6.07. The Kier molecular flexibility index (Phi) is 4.00. The molecule has 0 aliphatic heterocycles. The van der Waals surface area contributed by atoms with Crippen molar-refractivity contribution >= 4 is 11.3 Å². The summed E-state index contributed by atoms with van der Waals surface area (Å²) < 4.78 is 0. The molecule has 1 aromatic heterocycles. The molecule has 1 aliphatic carbocycles.